The summed E-state index contributed by atoms with van der Waals surface area (Å²) in [4.78, 5) is 26.2. The van der Waals surface area contributed by atoms with Crippen molar-refractivity contribution in [1.82, 2.24) is 5.32 Å². The Morgan fingerprint density at radius 3 is 1.84 bits per heavy atom. The van der Waals surface area contributed by atoms with Crippen molar-refractivity contribution in [2.24, 2.45) is 5.92 Å². The zero-order valence-electron chi connectivity index (χ0n) is 16.3. The Balaban J connectivity index is 1.58. The van der Waals surface area contributed by atoms with Crippen LogP contribution in [0.4, 0.5) is 11.4 Å². The molecule has 1 aliphatic rings. The summed E-state index contributed by atoms with van der Waals surface area (Å²) in [6.45, 7) is 0.511. The van der Waals surface area contributed by atoms with Gasteiger partial charge in [0.2, 0.25) is 5.91 Å². The molecule has 158 valence electrons. The number of amides is 2. The van der Waals surface area contributed by atoms with Gasteiger partial charge in [-0.05, 0) is 66.2 Å². The Bertz CT molecular complexity index is 1090. The Labute approximate surface area is 195 Å². The van der Waals surface area contributed by atoms with Crippen molar-refractivity contribution in [2.75, 3.05) is 16.6 Å². The second-order valence-electron chi connectivity index (χ2n) is 7.08. The van der Waals surface area contributed by atoms with E-state index >= 15 is 0 Å². The fourth-order valence-corrected chi connectivity index (χ4v) is 3.77. The number of halogens is 3. The molecule has 8 heteroatoms. The van der Waals surface area contributed by atoms with Crippen molar-refractivity contribution >= 4 is 58.0 Å². The van der Waals surface area contributed by atoms with Crippen LogP contribution in [0.5, 0.6) is 0 Å². The van der Waals surface area contributed by atoms with Crippen LogP contribution in [0.25, 0.3) is 0 Å². The molecule has 4 rings (SSSR count). The van der Waals surface area contributed by atoms with Gasteiger partial charge in [0.15, 0.2) is 0 Å². The molecule has 0 aromatic heterocycles. The maximum atomic E-state index is 13.3. The summed E-state index contributed by atoms with van der Waals surface area (Å²) in [5.41, 5.74) is 2.27. The third-order valence-corrected chi connectivity index (χ3v) is 5.75. The molecule has 1 saturated heterocycles. The summed E-state index contributed by atoms with van der Waals surface area (Å²) in [5, 5.41) is 7.90. The Morgan fingerprint density at radius 1 is 0.806 bits per heavy atom. The standard InChI is InChI=1S/C23H18Cl3N3O2/c24-16-3-1-15(2-4-16)13-27-22(30)21-14-28(19-9-5-17(25)6-10-19)29(23(21)31)20-11-7-18(26)8-12-20/h1-12,21H,13-14H2,(H,27,30). The topological polar surface area (TPSA) is 52.7 Å². The van der Waals surface area contributed by atoms with E-state index in [9.17, 15) is 9.59 Å². The van der Waals surface area contributed by atoms with Gasteiger partial charge in [0, 0.05) is 21.6 Å². The monoisotopic (exact) mass is 473 g/mol. The number of hydrogen-bond acceptors (Lipinski definition) is 3. The number of nitrogens with one attached hydrogen (secondary N) is 1. The maximum absolute atomic E-state index is 13.3. The van der Waals surface area contributed by atoms with Crippen molar-refractivity contribution in [2.45, 2.75) is 6.54 Å². The second-order valence-corrected chi connectivity index (χ2v) is 8.39. The summed E-state index contributed by atoms with van der Waals surface area (Å²) in [6.07, 6.45) is 0. The number of benzene rings is 3. The first-order chi connectivity index (χ1) is 14.9. The largest absolute Gasteiger partial charge is 0.351 e. The van der Waals surface area contributed by atoms with E-state index in [1.165, 1.54) is 5.01 Å². The molecular weight excluding hydrogens is 457 g/mol. The van der Waals surface area contributed by atoms with E-state index in [4.69, 9.17) is 34.8 Å². The molecule has 0 saturated carbocycles. The van der Waals surface area contributed by atoms with Crippen LogP contribution in [0, 0.1) is 5.92 Å². The molecule has 31 heavy (non-hydrogen) atoms. The first kappa shape index (κ1) is 21.5. The summed E-state index contributed by atoms with van der Waals surface area (Å²) in [6, 6.07) is 21.2. The Morgan fingerprint density at radius 2 is 1.29 bits per heavy atom. The van der Waals surface area contributed by atoms with Gasteiger partial charge < -0.3 is 5.32 Å². The highest BCUT2D eigenvalue weighted by Gasteiger charge is 2.43. The fraction of sp³-hybridized carbons (Fsp3) is 0.130. The van der Waals surface area contributed by atoms with Crippen LogP contribution in [0.2, 0.25) is 15.1 Å². The smallest absolute Gasteiger partial charge is 0.260 e. The average Bonchev–Trinajstić information content (AvgIpc) is 3.11. The number of nitrogens with zero attached hydrogens (tertiary/aromatic N) is 2. The summed E-state index contributed by atoms with van der Waals surface area (Å²) in [7, 11) is 0. The van der Waals surface area contributed by atoms with Crippen molar-refractivity contribution < 1.29 is 9.59 Å². The predicted octanol–water partition coefficient (Wildman–Crippen LogP) is 5.35. The highest BCUT2D eigenvalue weighted by Crippen LogP contribution is 2.32. The number of carbonyl (C=O) groups excluding carboxylic acids is 2. The molecule has 2 amide bonds. The van der Waals surface area contributed by atoms with Crippen molar-refractivity contribution in [3.05, 3.63) is 93.4 Å². The third-order valence-electron chi connectivity index (χ3n) is 5.00. The highest BCUT2D eigenvalue weighted by atomic mass is 35.5. The van der Waals surface area contributed by atoms with Gasteiger partial charge in [-0.1, -0.05) is 46.9 Å². The minimum absolute atomic E-state index is 0.204. The lowest BCUT2D eigenvalue weighted by molar-refractivity contribution is -0.131. The van der Waals surface area contributed by atoms with Gasteiger partial charge in [-0.3, -0.25) is 14.6 Å². The van der Waals surface area contributed by atoms with Gasteiger partial charge in [-0.15, -0.1) is 0 Å². The molecular formula is C23H18Cl3N3O2. The molecule has 1 N–H and O–H groups in total. The van der Waals surface area contributed by atoms with Crippen LogP contribution in [0.15, 0.2) is 72.8 Å². The molecule has 0 aliphatic carbocycles. The minimum atomic E-state index is -0.862. The van der Waals surface area contributed by atoms with E-state index in [0.29, 0.717) is 27.3 Å². The molecule has 0 bridgehead atoms. The summed E-state index contributed by atoms with van der Waals surface area (Å²) in [5.74, 6) is -1.51. The zero-order chi connectivity index (χ0) is 22.0. The Hall–Kier alpha value is -2.73. The molecule has 0 spiro atoms. The molecule has 0 radical (unpaired) electrons. The van der Waals surface area contributed by atoms with E-state index in [1.807, 2.05) is 24.3 Å². The quantitative estimate of drug-likeness (QED) is 0.507. The normalized spacial score (nSPS) is 16.0. The van der Waals surface area contributed by atoms with Gasteiger partial charge in [-0.2, -0.15) is 0 Å². The SMILES string of the molecule is O=C(NCc1ccc(Cl)cc1)C1CN(c2ccc(Cl)cc2)N(c2ccc(Cl)cc2)C1=O. The lowest BCUT2D eigenvalue weighted by atomic mass is 10.1. The molecule has 3 aromatic rings. The number of hydrazine groups is 1. The first-order valence-corrected chi connectivity index (χ1v) is 10.7. The van der Waals surface area contributed by atoms with Gasteiger partial charge in [0.1, 0.15) is 5.92 Å². The van der Waals surface area contributed by atoms with Crippen LogP contribution < -0.4 is 15.3 Å². The second kappa shape index (κ2) is 9.18. The van der Waals surface area contributed by atoms with E-state index in [-0.39, 0.29) is 18.4 Å². The van der Waals surface area contributed by atoms with Crippen molar-refractivity contribution in [3.8, 4) is 0 Å². The number of rotatable bonds is 5. The summed E-state index contributed by atoms with van der Waals surface area (Å²) >= 11 is 17.9. The van der Waals surface area contributed by atoms with Gasteiger partial charge in [-0.25, -0.2) is 5.01 Å². The van der Waals surface area contributed by atoms with Gasteiger partial charge >= 0.3 is 0 Å². The van der Waals surface area contributed by atoms with Gasteiger partial charge in [0.05, 0.1) is 17.9 Å². The number of anilines is 2. The highest BCUT2D eigenvalue weighted by molar-refractivity contribution is 6.31. The van der Waals surface area contributed by atoms with Gasteiger partial charge in [0.25, 0.3) is 5.91 Å². The molecule has 1 atom stereocenters. The lowest BCUT2D eigenvalue weighted by Crippen LogP contribution is -2.40. The molecule has 1 aliphatic heterocycles. The van der Waals surface area contributed by atoms with Crippen LogP contribution in [0.1, 0.15) is 5.56 Å². The molecule has 1 unspecified atom stereocenters. The zero-order valence-corrected chi connectivity index (χ0v) is 18.5. The lowest BCUT2D eigenvalue weighted by Gasteiger charge is -2.29. The van der Waals surface area contributed by atoms with Crippen LogP contribution in [0.3, 0.4) is 0 Å². The number of carbonyl (C=O) groups is 2. The molecule has 5 nitrogen and oxygen atoms in total. The van der Waals surface area contributed by atoms with E-state index in [0.717, 1.165) is 11.3 Å². The van der Waals surface area contributed by atoms with E-state index < -0.39 is 5.92 Å². The Kier molecular flexibility index (Phi) is 6.37. The van der Waals surface area contributed by atoms with Crippen LogP contribution in [-0.2, 0) is 16.1 Å². The first-order valence-electron chi connectivity index (χ1n) is 9.57. The fourth-order valence-electron chi connectivity index (χ4n) is 3.39. The predicted molar refractivity (Wildman–Crippen MR) is 125 cm³/mol. The van der Waals surface area contributed by atoms with Crippen LogP contribution in [-0.4, -0.2) is 18.4 Å². The van der Waals surface area contributed by atoms with Crippen LogP contribution >= 0.6 is 34.8 Å². The van der Waals surface area contributed by atoms with Crippen molar-refractivity contribution in [1.29, 1.82) is 0 Å². The third kappa shape index (κ3) is 4.79. The average molecular weight is 475 g/mol. The molecule has 3 aromatic carbocycles. The minimum Gasteiger partial charge on any atom is -0.351 e. The maximum Gasteiger partial charge on any atom is 0.260 e. The van der Waals surface area contributed by atoms with E-state index in [1.54, 1.807) is 53.5 Å². The van der Waals surface area contributed by atoms with E-state index in [2.05, 4.69) is 5.32 Å². The summed E-state index contributed by atoms with van der Waals surface area (Å²) < 4.78 is 0. The molecule has 1 heterocycles. The molecule has 1 fully saturated rings. The number of hydrogen-bond donors (Lipinski definition) is 1. The van der Waals surface area contributed by atoms with Crippen molar-refractivity contribution in [3.63, 3.8) is 0 Å².